The first kappa shape index (κ1) is 13.1. The Morgan fingerprint density at radius 2 is 1.60 bits per heavy atom. The highest BCUT2D eigenvalue weighted by Gasteiger charge is 2.17. The molecule has 0 aliphatic carbocycles. The quantitative estimate of drug-likeness (QED) is 0.845. The molecule has 0 N–H and O–H groups in total. The summed E-state index contributed by atoms with van der Waals surface area (Å²) >= 11 is 0. The number of rotatable bonds is 3. The minimum absolute atomic E-state index is 0.158. The summed E-state index contributed by atoms with van der Waals surface area (Å²) in [7, 11) is 0. The molecule has 2 aromatic rings. The van der Waals surface area contributed by atoms with E-state index in [1.807, 2.05) is 12.1 Å². The minimum atomic E-state index is -0.158. The molecule has 1 aliphatic heterocycles. The average molecular weight is 270 g/mol. The molecule has 0 atom stereocenters. The summed E-state index contributed by atoms with van der Waals surface area (Å²) in [5.41, 5.74) is 2.34. The number of nitrogens with zero attached hydrogens (tertiary/aromatic N) is 2. The predicted octanol–water partition coefficient (Wildman–Crippen LogP) is 3.15. The van der Waals surface area contributed by atoms with Gasteiger partial charge >= 0.3 is 0 Å². The number of piperazine rings is 1. The molecule has 0 radical (unpaired) electrons. The van der Waals surface area contributed by atoms with Gasteiger partial charge < -0.3 is 4.90 Å². The maximum Gasteiger partial charge on any atom is 0.125 e. The van der Waals surface area contributed by atoms with Crippen LogP contribution in [0.1, 0.15) is 5.56 Å². The van der Waals surface area contributed by atoms with Crippen LogP contribution in [0.5, 0.6) is 0 Å². The van der Waals surface area contributed by atoms with Gasteiger partial charge in [-0.15, -0.1) is 0 Å². The Labute approximate surface area is 119 Å². The molecule has 0 amide bonds. The standard InChI is InChI=1S/C17H19FN2/c18-16-7-4-8-17(13-16)20-11-9-19(10-12-20)14-15-5-2-1-3-6-15/h1-8,13H,9-12,14H2. The summed E-state index contributed by atoms with van der Waals surface area (Å²) in [5.74, 6) is -0.158. The highest BCUT2D eigenvalue weighted by atomic mass is 19.1. The van der Waals surface area contributed by atoms with Crippen molar-refractivity contribution in [1.29, 1.82) is 0 Å². The van der Waals surface area contributed by atoms with Crippen molar-refractivity contribution >= 4 is 5.69 Å². The van der Waals surface area contributed by atoms with Crippen LogP contribution in [-0.2, 0) is 6.54 Å². The maximum atomic E-state index is 13.2. The summed E-state index contributed by atoms with van der Waals surface area (Å²) in [6.45, 7) is 4.95. The third-order valence-electron chi connectivity index (χ3n) is 3.79. The van der Waals surface area contributed by atoms with Crippen LogP contribution in [0, 0.1) is 5.82 Å². The first-order valence-electron chi connectivity index (χ1n) is 7.08. The van der Waals surface area contributed by atoms with Gasteiger partial charge in [0.1, 0.15) is 5.82 Å². The number of hydrogen-bond acceptors (Lipinski definition) is 2. The molecular weight excluding hydrogens is 251 g/mol. The van der Waals surface area contributed by atoms with Gasteiger partial charge in [-0.05, 0) is 23.8 Å². The van der Waals surface area contributed by atoms with Crippen molar-refractivity contribution < 1.29 is 4.39 Å². The van der Waals surface area contributed by atoms with Crippen molar-refractivity contribution in [1.82, 2.24) is 4.90 Å². The van der Waals surface area contributed by atoms with Crippen molar-refractivity contribution in [2.45, 2.75) is 6.54 Å². The highest BCUT2D eigenvalue weighted by molar-refractivity contribution is 5.46. The smallest absolute Gasteiger partial charge is 0.125 e. The van der Waals surface area contributed by atoms with Crippen molar-refractivity contribution in [2.24, 2.45) is 0 Å². The lowest BCUT2D eigenvalue weighted by molar-refractivity contribution is 0.250. The zero-order valence-electron chi connectivity index (χ0n) is 11.5. The van der Waals surface area contributed by atoms with E-state index in [4.69, 9.17) is 0 Å². The van der Waals surface area contributed by atoms with E-state index < -0.39 is 0 Å². The van der Waals surface area contributed by atoms with Crippen LogP contribution >= 0.6 is 0 Å². The topological polar surface area (TPSA) is 6.48 Å². The fraction of sp³-hybridized carbons (Fsp3) is 0.294. The van der Waals surface area contributed by atoms with E-state index in [9.17, 15) is 4.39 Å². The average Bonchev–Trinajstić information content (AvgIpc) is 2.49. The van der Waals surface area contributed by atoms with Gasteiger partial charge in [-0.1, -0.05) is 36.4 Å². The van der Waals surface area contributed by atoms with Gasteiger partial charge in [-0.2, -0.15) is 0 Å². The molecule has 0 spiro atoms. The molecule has 1 aliphatic rings. The molecule has 1 heterocycles. The van der Waals surface area contributed by atoms with E-state index in [-0.39, 0.29) is 5.82 Å². The van der Waals surface area contributed by atoms with Crippen LogP contribution in [0.4, 0.5) is 10.1 Å². The van der Waals surface area contributed by atoms with Crippen LogP contribution in [0.2, 0.25) is 0 Å². The lowest BCUT2D eigenvalue weighted by atomic mass is 10.2. The Morgan fingerprint density at radius 3 is 2.30 bits per heavy atom. The van der Waals surface area contributed by atoms with E-state index >= 15 is 0 Å². The maximum absolute atomic E-state index is 13.2. The highest BCUT2D eigenvalue weighted by Crippen LogP contribution is 2.18. The summed E-state index contributed by atoms with van der Waals surface area (Å²) in [6.07, 6.45) is 0. The molecule has 0 bridgehead atoms. The third kappa shape index (κ3) is 3.17. The lowest BCUT2D eigenvalue weighted by Crippen LogP contribution is -2.45. The van der Waals surface area contributed by atoms with Crippen molar-refractivity contribution in [2.75, 3.05) is 31.1 Å². The molecule has 2 aromatic carbocycles. The lowest BCUT2D eigenvalue weighted by Gasteiger charge is -2.36. The molecule has 3 heteroatoms. The van der Waals surface area contributed by atoms with Crippen LogP contribution in [0.15, 0.2) is 54.6 Å². The Morgan fingerprint density at radius 1 is 0.850 bits per heavy atom. The summed E-state index contributed by atoms with van der Waals surface area (Å²) in [4.78, 5) is 4.70. The molecule has 20 heavy (non-hydrogen) atoms. The van der Waals surface area contributed by atoms with Gasteiger partial charge in [-0.25, -0.2) is 4.39 Å². The largest absolute Gasteiger partial charge is 0.369 e. The molecular formula is C17H19FN2. The van der Waals surface area contributed by atoms with E-state index in [0.717, 1.165) is 38.4 Å². The van der Waals surface area contributed by atoms with Crippen LogP contribution in [0.3, 0.4) is 0 Å². The minimum Gasteiger partial charge on any atom is -0.369 e. The Hall–Kier alpha value is -1.87. The molecule has 0 aromatic heterocycles. The fourth-order valence-corrected chi connectivity index (χ4v) is 2.68. The second-order valence-electron chi connectivity index (χ2n) is 5.23. The third-order valence-corrected chi connectivity index (χ3v) is 3.79. The first-order chi connectivity index (χ1) is 9.81. The van der Waals surface area contributed by atoms with Gasteiger partial charge in [0.15, 0.2) is 0 Å². The Kier molecular flexibility index (Phi) is 3.97. The zero-order chi connectivity index (χ0) is 13.8. The summed E-state index contributed by atoms with van der Waals surface area (Å²) in [5, 5.41) is 0. The van der Waals surface area contributed by atoms with Crippen molar-refractivity contribution in [3.05, 3.63) is 66.0 Å². The summed E-state index contributed by atoms with van der Waals surface area (Å²) in [6, 6.07) is 17.4. The number of hydrogen-bond donors (Lipinski definition) is 0. The zero-order valence-corrected chi connectivity index (χ0v) is 11.5. The molecule has 1 saturated heterocycles. The fourth-order valence-electron chi connectivity index (χ4n) is 2.68. The van der Waals surface area contributed by atoms with Gasteiger partial charge in [0.05, 0.1) is 0 Å². The van der Waals surface area contributed by atoms with Crippen molar-refractivity contribution in [3.63, 3.8) is 0 Å². The van der Waals surface area contributed by atoms with E-state index in [0.29, 0.717) is 0 Å². The number of benzene rings is 2. The normalized spacial score (nSPS) is 16.4. The molecule has 0 unspecified atom stereocenters. The number of anilines is 1. The van der Waals surface area contributed by atoms with E-state index in [2.05, 4.69) is 34.1 Å². The molecule has 2 nitrogen and oxygen atoms in total. The molecule has 0 saturated carbocycles. The molecule has 3 rings (SSSR count). The predicted molar refractivity (Wildman–Crippen MR) is 80.3 cm³/mol. The van der Waals surface area contributed by atoms with Crippen LogP contribution in [-0.4, -0.2) is 31.1 Å². The second kappa shape index (κ2) is 6.06. The van der Waals surface area contributed by atoms with Crippen molar-refractivity contribution in [3.8, 4) is 0 Å². The van der Waals surface area contributed by atoms with Gasteiger partial charge in [0, 0.05) is 38.4 Å². The summed E-state index contributed by atoms with van der Waals surface area (Å²) < 4.78 is 13.2. The molecule has 1 fully saturated rings. The van der Waals surface area contributed by atoms with E-state index in [1.54, 1.807) is 12.1 Å². The number of halogens is 1. The van der Waals surface area contributed by atoms with Gasteiger partial charge in [0.25, 0.3) is 0 Å². The first-order valence-corrected chi connectivity index (χ1v) is 7.08. The molecule has 104 valence electrons. The monoisotopic (exact) mass is 270 g/mol. The van der Waals surface area contributed by atoms with E-state index in [1.165, 1.54) is 11.6 Å². The van der Waals surface area contributed by atoms with Gasteiger partial charge in [-0.3, -0.25) is 4.90 Å². The Balaban J connectivity index is 1.57. The van der Waals surface area contributed by atoms with Gasteiger partial charge in [0.2, 0.25) is 0 Å². The van der Waals surface area contributed by atoms with Crippen LogP contribution in [0.25, 0.3) is 0 Å². The SMILES string of the molecule is Fc1cccc(N2CCN(Cc3ccccc3)CC2)c1. The Bertz CT molecular complexity index is 548. The van der Waals surface area contributed by atoms with Crippen LogP contribution < -0.4 is 4.90 Å². The second-order valence-corrected chi connectivity index (χ2v) is 5.23.